The van der Waals surface area contributed by atoms with Crippen molar-refractivity contribution in [2.24, 2.45) is 0 Å². The Morgan fingerprint density at radius 3 is 1.59 bits per heavy atom. The van der Waals surface area contributed by atoms with Crippen molar-refractivity contribution in [3.8, 4) is 45.5 Å². The van der Waals surface area contributed by atoms with Gasteiger partial charge < -0.3 is 9.13 Å². The topological polar surface area (TPSA) is 48.5 Å². The number of hydrogen-bond donors (Lipinski definition) is 0. The lowest BCUT2D eigenvalue weighted by Gasteiger charge is -2.12. The van der Waals surface area contributed by atoms with Gasteiger partial charge in [-0.3, -0.25) is 0 Å². The summed E-state index contributed by atoms with van der Waals surface area (Å²) in [7, 11) is 0. The Labute approximate surface area is 333 Å². The minimum atomic E-state index is 0.636. The van der Waals surface area contributed by atoms with Gasteiger partial charge in [-0.1, -0.05) is 146 Å². The predicted octanol–water partition coefficient (Wildman–Crippen LogP) is 13.4. The summed E-state index contributed by atoms with van der Waals surface area (Å²) in [6.07, 6.45) is 0. The summed E-state index contributed by atoms with van der Waals surface area (Å²) in [5, 5.41) is 9.50. The van der Waals surface area contributed by atoms with Gasteiger partial charge in [0.15, 0.2) is 17.5 Å². The van der Waals surface area contributed by atoms with E-state index in [0.29, 0.717) is 17.5 Å². The van der Waals surface area contributed by atoms with E-state index >= 15 is 0 Å². The molecule has 0 aliphatic rings. The van der Waals surface area contributed by atoms with E-state index in [1.54, 1.807) is 0 Å². The summed E-state index contributed by atoms with van der Waals surface area (Å²) in [5.74, 6) is 1.93. The third kappa shape index (κ3) is 5.07. The van der Waals surface area contributed by atoms with E-state index in [-0.39, 0.29) is 0 Å². The molecular weight excluding hydrogens is 707 g/mol. The lowest BCUT2D eigenvalue weighted by atomic mass is 10.0. The highest BCUT2D eigenvalue weighted by molar-refractivity contribution is 6.26. The molecule has 270 valence electrons. The average Bonchev–Trinajstić information content (AvgIpc) is 3.82. The molecule has 0 bridgehead atoms. The number of nitrogens with zero attached hydrogens (tertiary/aromatic N) is 5. The van der Waals surface area contributed by atoms with Gasteiger partial charge in [0, 0.05) is 49.6 Å². The van der Waals surface area contributed by atoms with Crippen LogP contribution in [0, 0.1) is 0 Å². The van der Waals surface area contributed by atoms with E-state index < -0.39 is 0 Å². The molecule has 0 spiro atoms. The molecule has 0 aliphatic carbocycles. The lowest BCUT2D eigenvalue weighted by Crippen LogP contribution is -2.00. The van der Waals surface area contributed by atoms with Crippen molar-refractivity contribution in [1.29, 1.82) is 0 Å². The molecule has 3 aromatic heterocycles. The van der Waals surface area contributed by atoms with E-state index in [2.05, 4.69) is 191 Å². The molecule has 0 unspecified atom stereocenters. The Kier molecular flexibility index (Phi) is 7.16. The molecule has 58 heavy (non-hydrogen) atoms. The van der Waals surface area contributed by atoms with Crippen molar-refractivity contribution in [3.63, 3.8) is 0 Å². The minimum absolute atomic E-state index is 0.636. The first-order valence-corrected chi connectivity index (χ1v) is 19.6. The van der Waals surface area contributed by atoms with E-state index in [4.69, 9.17) is 15.0 Å². The van der Waals surface area contributed by atoms with Gasteiger partial charge in [0.2, 0.25) is 0 Å². The molecule has 0 atom stereocenters. The molecule has 5 nitrogen and oxygen atoms in total. The van der Waals surface area contributed by atoms with Crippen LogP contribution in [0.3, 0.4) is 0 Å². The van der Waals surface area contributed by atoms with Gasteiger partial charge in [0.1, 0.15) is 0 Å². The number of benzene rings is 9. The summed E-state index contributed by atoms with van der Waals surface area (Å²) in [4.78, 5) is 15.2. The van der Waals surface area contributed by atoms with Gasteiger partial charge in [0.05, 0.1) is 22.1 Å². The summed E-state index contributed by atoms with van der Waals surface area (Å²) in [6, 6.07) is 71.0. The normalized spacial score (nSPS) is 11.8. The molecule has 0 radical (unpaired) electrons. The van der Waals surface area contributed by atoms with Crippen LogP contribution in [0.2, 0.25) is 0 Å². The Morgan fingerprint density at radius 2 is 0.845 bits per heavy atom. The molecule has 12 rings (SSSR count). The van der Waals surface area contributed by atoms with Crippen LogP contribution in [-0.2, 0) is 0 Å². The second kappa shape index (κ2) is 12.8. The van der Waals surface area contributed by atoms with Gasteiger partial charge in [-0.15, -0.1) is 0 Å². The minimum Gasteiger partial charge on any atom is -0.309 e. The monoisotopic (exact) mass is 739 g/mol. The van der Waals surface area contributed by atoms with Crippen LogP contribution in [0.5, 0.6) is 0 Å². The van der Waals surface area contributed by atoms with E-state index in [1.807, 2.05) is 18.2 Å². The number of rotatable bonds is 5. The SMILES string of the molecule is c1ccc(-c2nc(-c3ccc4ccccc4c3)nc(-c3ccc4ccc(-n5c6ccccc6c6ccc7c(c8ccccc8n7-c7ccccc7)c65)cc4c3)n2)cc1. The van der Waals surface area contributed by atoms with Crippen molar-refractivity contribution >= 4 is 65.2 Å². The molecule has 0 fully saturated rings. The maximum atomic E-state index is 5.13. The highest BCUT2D eigenvalue weighted by atomic mass is 15.0. The Bertz CT molecular complexity index is 3560. The highest BCUT2D eigenvalue weighted by Crippen LogP contribution is 2.42. The lowest BCUT2D eigenvalue weighted by molar-refractivity contribution is 1.07. The molecule has 0 N–H and O–H groups in total. The zero-order valence-electron chi connectivity index (χ0n) is 31.3. The second-order valence-corrected chi connectivity index (χ2v) is 14.9. The molecule has 3 heterocycles. The first-order valence-electron chi connectivity index (χ1n) is 19.6. The molecule has 5 heteroatoms. The fourth-order valence-electron chi connectivity index (χ4n) is 8.82. The third-order valence-corrected chi connectivity index (χ3v) is 11.5. The second-order valence-electron chi connectivity index (χ2n) is 14.9. The van der Waals surface area contributed by atoms with Crippen molar-refractivity contribution in [2.75, 3.05) is 0 Å². The number of hydrogen-bond acceptors (Lipinski definition) is 3. The first-order chi connectivity index (χ1) is 28.7. The van der Waals surface area contributed by atoms with E-state index in [1.165, 1.54) is 49.0 Å². The van der Waals surface area contributed by atoms with Crippen molar-refractivity contribution in [1.82, 2.24) is 24.1 Å². The van der Waals surface area contributed by atoms with Crippen LogP contribution in [0.25, 0.3) is 111 Å². The van der Waals surface area contributed by atoms with Crippen molar-refractivity contribution in [2.45, 2.75) is 0 Å². The molecule has 0 aliphatic heterocycles. The largest absolute Gasteiger partial charge is 0.309 e. The van der Waals surface area contributed by atoms with E-state index in [9.17, 15) is 0 Å². The van der Waals surface area contributed by atoms with Gasteiger partial charge in [0.25, 0.3) is 0 Å². The number of aromatic nitrogens is 5. The Balaban J connectivity index is 1.08. The molecular formula is C53H33N5. The zero-order valence-corrected chi connectivity index (χ0v) is 31.3. The predicted molar refractivity (Wildman–Crippen MR) is 240 cm³/mol. The fraction of sp³-hybridized carbons (Fsp3) is 0. The summed E-state index contributed by atoms with van der Waals surface area (Å²) >= 11 is 0. The maximum absolute atomic E-state index is 5.13. The quantitative estimate of drug-likeness (QED) is 0.177. The van der Waals surface area contributed by atoms with Crippen LogP contribution >= 0.6 is 0 Å². The third-order valence-electron chi connectivity index (χ3n) is 11.5. The molecule has 12 aromatic rings. The van der Waals surface area contributed by atoms with Crippen LogP contribution in [-0.4, -0.2) is 24.1 Å². The fourth-order valence-corrected chi connectivity index (χ4v) is 8.82. The Morgan fingerprint density at radius 1 is 0.293 bits per heavy atom. The van der Waals surface area contributed by atoms with Crippen LogP contribution in [0.4, 0.5) is 0 Å². The van der Waals surface area contributed by atoms with E-state index in [0.717, 1.165) is 44.2 Å². The summed E-state index contributed by atoms with van der Waals surface area (Å²) < 4.78 is 4.85. The summed E-state index contributed by atoms with van der Waals surface area (Å²) in [6.45, 7) is 0. The maximum Gasteiger partial charge on any atom is 0.164 e. The van der Waals surface area contributed by atoms with Gasteiger partial charge >= 0.3 is 0 Å². The highest BCUT2D eigenvalue weighted by Gasteiger charge is 2.21. The van der Waals surface area contributed by atoms with Crippen molar-refractivity contribution in [3.05, 3.63) is 200 Å². The molecule has 9 aromatic carbocycles. The van der Waals surface area contributed by atoms with Gasteiger partial charge in [-0.05, 0) is 76.1 Å². The van der Waals surface area contributed by atoms with Crippen LogP contribution in [0.15, 0.2) is 200 Å². The molecule has 0 amide bonds. The van der Waals surface area contributed by atoms with Crippen molar-refractivity contribution < 1.29 is 0 Å². The average molecular weight is 740 g/mol. The Hall–Kier alpha value is -7.89. The smallest absolute Gasteiger partial charge is 0.164 e. The first kappa shape index (κ1) is 32.4. The summed E-state index contributed by atoms with van der Waals surface area (Å²) in [5.41, 5.74) is 9.80. The number of para-hydroxylation sites is 3. The number of fused-ring (bicyclic) bond motifs is 9. The van der Waals surface area contributed by atoms with Gasteiger partial charge in [-0.2, -0.15) is 0 Å². The van der Waals surface area contributed by atoms with Crippen LogP contribution in [0.1, 0.15) is 0 Å². The van der Waals surface area contributed by atoms with Gasteiger partial charge in [-0.25, -0.2) is 15.0 Å². The molecule has 0 saturated heterocycles. The zero-order chi connectivity index (χ0) is 38.2. The standard InChI is InChI=1S/C53H33N5/c1-3-14-36(15-4-1)51-54-52(38-25-23-34-13-7-8-16-37(34)31-38)56-53(55-51)39-26-24-35-27-28-42(33-40(35)32-39)58-46-21-11-9-19-43(46)44-29-30-48-49(50(44)58)45-20-10-12-22-47(45)57(48)41-17-5-2-6-18-41/h1-33H. The molecule has 0 saturated carbocycles. The van der Waals surface area contributed by atoms with Crippen LogP contribution < -0.4 is 0 Å².